The summed E-state index contributed by atoms with van der Waals surface area (Å²) in [6, 6.07) is 4.50. The third-order valence-electron chi connectivity index (χ3n) is 2.70. The van der Waals surface area contributed by atoms with E-state index >= 15 is 0 Å². The fraction of sp³-hybridized carbons (Fsp3) is 0.417. The number of alkyl halides is 3. The predicted octanol–water partition coefficient (Wildman–Crippen LogP) is 1.67. The fourth-order valence-electron chi connectivity index (χ4n) is 1.63. The molecule has 0 spiro atoms. The molecule has 1 amide bonds. The van der Waals surface area contributed by atoms with Gasteiger partial charge in [0.1, 0.15) is 6.54 Å². The van der Waals surface area contributed by atoms with Crippen LogP contribution in [0.2, 0.25) is 0 Å². The van der Waals surface area contributed by atoms with Crippen LogP contribution in [0.15, 0.2) is 18.2 Å². The number of rotatable bonds is 6. The van der Waals surface area contributed by atoms with Crippen LogP contribution in [0.1, 0.15) is 11.1 Å². The molecule has 0 radical (unpaired) electrons. The van der Waals surface area contributed by atoms with Gasteiger partial charge < -0.3 is 10.6 Å². The Bertz CT molecular complexity index is 532. The van der Waals surface area contributed by atoms with Crippen molar-refractivity contribution >= 4 is 11.6 Å². The zero-order valence-corrected chi connectivity index (χ0v) is 11.2. The molecule has 9 heteroatoms. The fourth-order valence-corrected chi connectivity index (χ4v) is 1.63. The third kappa shape index (κ3) is 5.78. The van der Waals surface area contributed by atoms with Crippen LogP contribution in [0.5, 0.6) is 0 Å². The van der Waals surface area contributed by atoms with Gasteiger partial charge in [-0.2, -0.15) is 13.2 Å². The molecular weight excluding hydrogens is 291 g/mol. The van der Waals surface area contributed by atoms with Gasteiger partial charge in [-0.1, -0.05) is 12.1 Å². The van der Waals surface area contributed by atoms with Gasteiger partial charge in [0.05, 0.1) is 11.5 Å². The van der Waals surface area contributed by atoms with Gasteiger partial charge in [-0.15, -0.1) is 0 Å². The molecule has 6 nitrogen and oxygen atoms in total. The number of hydrogen-bond acceptors (Lipinski definition) is 4. The smallest absolute Gasteiger partial charge is 0.346 e. The van der Waals surface area contributed by atoms with E-state index in [0.717, 1.165) is 0 Å². The summed E-state index contributed by atoms with van der Waals surface area (Å²) in [4.78, 5) is 21.4. The summed E-state index contributed by atoms with van der Waals surface area (Å²) in [6.07, 6.45) is -4.45. The van der Waals surface area contributed by atoms with Gasteiger partial charge in [0.25, 0.3) is 5.69 Å². The van der Waals surface area contributed by atoms with E-state index < -0.39 is 23.6 Å². The van der Waals surface area contributed by atoms with Crippen LogP contribution in [0, 0.1) is 17.0 Å². The molecule has 0 aliphatic heterocycles. The molecule has 116 valence electrons. The van der Waals surface area contributed by atoms with Crippen LogP contribution >= 0.6 is 0 Å². The van der Waals surface area contributed by atoms with Gasteiger partial charge in [0.15, 0.2) is 0 Å². The molecule has 1 aromatic carbocycles. The monoisotopic (exact) mass is 305 g/mol. The first-order valence-corrected chi connectivity index (χ1v) is 5.98. The van der Waals surface area contributed by atoms with E-state index in [4.69, 9.17) is 0 Å². The Morgan fingerprint density at radius 3 is 2.62 bits per heavy atom. The molecule has 0 saturated carbocycles. The lowest BCUT2D eigenvalue weighted by Gasteiger charge is -2.10. The molecule has 21 heavy (non-hydrogen) atoms. The van der Waals surface area contributed by atoms with E-state index in [-0.39, 0.29) is 18.8 Å². The Hall–Kier alpha value is -2.16. The maximum absolute atomic E-state index is 11.9. The zero-order valence-electron chi connectivity index (χ0n) is 11.2. The maximum Gasteiger partial charge on any atom is 0.405 e. The van der Waals surface area contributed by atoms with Crippen molar-refractivity contribution < 1.29 is 22.9 Å². The zero-order chi connectivity index (χ0) is 16.0. The number of carbonyl (C=O) groups is 1. The highest BCUT2D eigenvalue weighted by atomic mass is 19.4. The number of benzene rings is 1. The van der Waals surface area contributed by atoms with E-state index in [1.165, 1.54) is 12.1 Å². The molecule has 0 atom stereocenters. The molecule has 2 N–H and O–H groups in total. The molecule has 0 aliphatic carbocycles. The lowest BCUT2D eigenvalue weighted by Crippen LogP contribution is -2.39. The first kappa shape index (κ1) is 16.9. The summed E-state index contributed by atoms with van der Waals surface area (Å²) < 4.78 is 35.6. The standard InChI is InChI=1S/C12H14F3N3O3/c1-8-9(3-2-4-10(8)18(20)21)5-16-6-11(19)17-7-12(13,14)15/h2-4,16H,5-7H2,1H3,(H,17,19). The van der Waals surface area contributed by atoms with Gasteiger partial charge in [-0.05, 0) is 12.5 Å². The van der Waals surface area contributed by atoms with Crippen molar-refractivity contribution in [2.75, 3.05) is 13.1 Å². The van der Waals surface area contributed by atoms with E-state index in [9.17, 15) is 28.1 Å². The van der Waals surface area contributed by atoms with Crippen LogP contribution in [0.25, 0.3) is 0 Å². The van der Waals surface area contributed by atoms with Gasteiger partial charge >= 0.3 is 6.18 Å². The summed E-state index contributed by atoms with van der Waals surface area (Å²) in [5.41, 5.74) is 1.01. The summed E-state index contributed by atoms with van der Waals surface area (Å²) in [6.45, 7) is 0.0212. The van der Waals surface area contributed by atoms with Crippen molar-refractivity contribution in [2.45, 2.75) is 19.6 Å². The van der Waals surface area contributed by atoms with E-state index in [1.807, 2.05) is 0 Å². The minimum absolute atomic E-state index is 0.0455. The van der Waals surface area contributed by atoms with Gasteiger partial charge in [0, 0.05) is 18.2 Å². The quantitative estimate of drug-likeness (QED) is 0.618. The number of carbonyl (C=O) groups excluding carboxylic acids is 1. The number of amides is 1. The Labute approximate surface area is 118 Å². The Balaban J connectivity index is 2.48. The maximum atomic E-state index is 11.9. The second-order valence-corrected chi connectivity index (χ2v) is 4.31. The van der Waals surface area contributed by atoms with Crippen LogP contribution in [-0.4, -0.2) is 30.1 Å². The first-order chi connectivity index (χ1) is 9.70. The molecule has 0 heterocycles. The lowest BCUT2D eigenvalue weighted by atomic mass is 10.1. The Morgan fingerprint density at radius 1 is 1.38 bits per heavy atom. The average molecular weight is 305 g/mol. The summed E-state index contributed by atoms with van der Waals surface area (Å²) in [5.74, 6) is -0.796. The van der Waals surface area contributed by atoms with E-state index in [1.54, 1.807) is 18.3 Å². The number of nitro groups is 1. The first-order valence-electron chi connectivity index (χ1n) is 5.98. The third-order valence-corrected chi connectivity index (χ3v) is 2.70. The molecule has 0 unspecified atom stereocenters. The highest BCUT2D eigenvalue weighted by molar-refractivity contribution is 5.78. The van der Waals surface area contributed by atoms with Gasteiger partial charge in [-0.3, -0.25) is 14.9 Å². The van der Waals surface area contributed by atoms with Crippen LogP contribution in [-0.2, 0) is 11.3 Å². The molecule has 0 aliphatic rings. The minimum atomic E-state index is -4.45. The number of nitrogens with zero attached hydrogens (tertiary/aromatic N) is 1. The molecule has 0 bridgehead atoms. The molecule has 0 aromatic heterocycles. The molecule has 1 aromatic rings. The molecule has 1 rings (SSSR count). The van der Waals surface area contributed by atoms with Crippen LogP contribution < -0.4 is 10.6 Å². The summed E-state index contributed by atoms with van der Waals surface area (Å²) in [5, 5.41) is 15.1. The van der Waals surface area contributed by atoms with Crippen LogP contribution in [0.3, 0.4) is 0 Å². The predicted molar refractivity (Wildman–Crippen MR) is 68.6 cm³/mol. The lowest BCUT2D eigenvalue weighted by molar-refractivity contribution is -0.385. The van der Waals surface area contributed by atoms with Crippen molar-refractivity contribution in [1.29, 1.82) is 0 Å². The highest BCUT2D eigenvalue weighted by Crippen LogP contribution is 2.20. The minimum Gasteiger partial charge on any atom is -0.346 e. The second-order valence-electron chi connectivity index (χ2n) is 4.31. The number of nitro benzene ring substituents is 1. The Kier molecular flexibility index (Phi) is 5.65. The number of halogens is 3. The largest absolute Gasteiger partial charge is 0.405 e. The van der Waals surface area contributed by atoms with E-state index in [2.05, 4.69) is 5.32 Å². The SMILES string of the molecule is Cc1c(CNCC(=O)NCC(F)(F)F)cccc1[N+](=O)[O-]. The number of nitrogens with one attached hydrogen (secondary N) is 2. The van der Waals surface area contributed by atoms with Crippen molar-refractivity contribution in [3.8, 4) is 0 Å². The van der Waals surface area contributed by atoms with E-state index in [0.29, 0.717) is 11.1 Å². The normalized spacial score (nSPS) is 11.2. The second kappa shape index (κ2) is 7.02. The van der Waals surface area contributed by atoms with Crippen molar-refractivity contribution in [2.24, 2.45) is 0 Å². The molecule has 0 saturated heterocycles. The average Bonchev–Trinajstić information content (AvgIpc) is 2.37. The van der Waals surface area contributed by atoms with Crippen molar-refractivity contribution in [3.63, 3.8) is 0 Å². The van der Waals surface area contributed by atoms with Crippen LogP contribution in [0.4, 0.5) is 18.9 Å². The van der Waals surface area contributed by atoms with Crippen molar-refractivity contribution in [1.82, 2.24) is 10.6 Å². The van der Waals surface area contributed by atoms with Crippen molar-refractivity contribution in [3.05, 3.63) is 39.4 Å². The van der Waals surface area contributed by atoms with Gasteiger partial charge in [0.2, 0.25) is 5.91 Å². The topological polar surface area (TPSA) is 84.3 Å². The molecular formula is C12H14F3N3O3. The van der Waals surface area contributed by atoms with Gasteiger partial charge in [-0.25, -0.2) is 0 Å². The summed E-state index contributed by atoms with van der Waals surface area (Å²) in [7, 11) is 0. The highest BCUT2D eigenvalue weighted by Gasteiger charge is 2.27. The number of hydrogen-bond donors (Lipinski definition) is 2. The summed E-state index contributed by atoms with van der Waals surface area (Å²) >= 11 is 0. The molecule has 0 fully saturated rings. The Morgan fingerprint density at radius 2 is 2.05 bits per heavy atom.